The predicted molar refractivity (Wildman–Crippen MR) is 72.3 cm³/mol. The Morgan fingerprint density at radius 1 is 1.24 bits per heavy atom. The first-order valence-electron chi connectivity index (χ1n) is 7.01. The number of hydrogen-bond donors (Lipinski definition) is 1. The zero-order chi connectivity index (χ0) is 12.1. The van der Waals surface area contributed by atoms with Crippen molar-refractivity contribution in [2.24, 2.45) is 0 Å². The highest BCUT2D eigenvalue weighted by Gasteiger charge is 2.34. The van der Waals surface area contributed by atoms with Gasteiger partial charge in [0, 0.05) is 5.41 Å². The molecule has 0 spiro atoms. The topological polar surface area (TPSA) is 20.2 Å². The third-order valence-corrected chi connectivity index (χ3v) is 4.25. The Hall–Kier alpha value is -0.820. The molecule has 1 heteroatoms. The van der Waals surface area contributed by atoms with Gasteiger partial charge in [0.15, 0.2) is 0 Å². The van der Waals surface area contributed by atoms with Gasteiger partial charge in [0.05, 0.1) is 6.61 Å². The summed E-state index contributed by atoms with van der Waals surface area (Å²) < 4.78 is 0. The Balaban J connectivity index is 2.22. The van der Waals surface area contributed by atoms with E-state index in [1.807, 2.05) is 0 Å². The average Bonchev–Trinajstić information content (AvgIpc) is 2.39. The summed E-state index contributed by atoms with van der Waals surface area (Å²) in [5.74, 6) is 0. The molecule has 0 heterocycles. The van der Waals surface area contributed by atoms with E-state index in [1.165, 1.54) is 43.2 Å². The lowest BCUT2D eigenvalue weighted by molar-refractivity contribution is 0.161. The van der Waals surface area contributed by atoms with Crippen LogP contribution < -0.4 is 0 Å². The molecule has 0 bridgehead atoms. The molecule has 0 radical (unpaired) electrons. The quantitative estimate of drug-likeness (QED) is 0.765. The normalized spacial score (nSPS) is 23.4. The second-order valence-electron chi connectivity index (χ2n) is 5.41. The summed E-state index contributed by atoms with van der Waals surface area (Å²) in [5, 5.41) is 9.89. The Kier molecular flexibility index (Phi) is 4.22. The molecule has 1 nitrogen and oxygen atoms in total. The van der Waals surface area contributed by atoms with Gasteiger partial charge in [-0.2, -0.15) is 0 Å². The second kappa shape index (κ2) is 5.68. The molecule has 0 aliphatic heterocycles. The molecule has 0 aromatic heterocycles. The lowest BCUT2D eigenvalue weighted by atomic mass is 9.68. The van der Waals surface area contributed by atoms with Crippen molar-refractivity contribution in [2.75, 3.05) is 6.61 Å². The van der Waals surface area contributed by atoms with Gasteiger partial charge in [-0.1, -0.05) is 50.5 Å². The smallest absolute Gasteiger partial charge is 0.0528 e. The van der Waals surface area contributed by atoms with Crippen molar-refractivity contribution in [1.82, 2.24) is 0 Å². The standard InChI is InChI=1S/C16H24O/c1-2-3-6-11-16(13-17)12-7-9-14-8-4-5-10-15(14)16/h4-5,8,10,17H,2-3,6-7,9,11-13H2,1H3. The minimum atomic E-state index is 0.0595. The van der Waals surface area contributed by atoms with Crippen LogP contribution in [0.2, 0.25) is 0 Å². The van der Waals surface area contributed by atoms with Gasteiger partial charge in [-0.25, -0.2) is 0 Å². The lowest BCUT2D eigenvalue weighted by Gasteiger charge is -2.38. The van der Waals surface area contributed by atoms with Gasteiger partial charge in [0.2, 0.25) is 0 Å². The molecule has 94 valence electrons. The van der Waals surface area contributed by atoms with E-state index in [9.17, 15) is 5.11 Å². The molecule has 0 saturated carbocycles. The van der Waals surface area contributed by atoms with Crippen molar-refractivity contribution in [2.45, 2.75) is 57.3 Å². The van der Waals surface area contributed by atoms with Gasteiger partial charge in [0.1, 0.15) is 0 Å². The van der Waals surface area contributed by atoms with Crippen LogP contribution in [0.15, 0.2) is 24.3 Å². The van der Waals surface area contributed by atoms with Crippen molar-refractivity contribution in [3.05, 3.63) is 35.4 Å². The monoisotopic (exact) mass is 232 g/mol. The van der Waals surface area contributed by atoms with Crippen molar-refractivity contribution < 1.29 is 5.11 Å². The molecule has 1 unspecified atom stereocenters. The van der Waals surface area contributed by atoms with E-state index >= 15 is 0 Å². The first-order chi connectivity index (χ1) is 8.32. The van der Waals surface area contributed by atoms with Crippen molar-refractivity contribution in [3.8, 4) is 0 Å². The number of aryl methyl sites for hydroxylation is 1. The van der Waals surface area contributed by atoms with Crippen LogP contribution in [-0.2, 0) is 11.8 Å². The fraction of sp³-hybridized carbons (Fsp3) is 0.625. The highest BCUT2D eigenvalue weighted by atomic mass is 16.3. The van der Waals surface area contributed by atoms with Gasteiger partial charge in [-0.05, 0) is 36.8 Å². The molecule has 0 amide bonds. The van der Waals surface area contributed by atoms with Crippen molar-refractivity contribution in [1.29, 1.82) is 0 Å². The van der Waals surface area contributed by atoms with Crippen molar-refractivity contribution >= 4 is 0 Å². The number of benzene rings is 1. The summed E-state index contributed by atoms with van der Waals surface area (Å²) in [6.07, 6.45) is 8.49. The Labute approximate surface area is 105 Å². The van der Waals surface area contributed by atoms with E-state index in [0.717, 1.165) is 12.8 Å². The molecular weight excluding hydrogens is 208 g/mol. The van der Waals surface area contributed by atoms with Crippen LogP contribution in [0.25, 0.3) is 0 Å². The number of rotatable bonds is 5. The zero-order valence-corrected chi connectivity index (χ0v) is 10.9. The number of fused-ring (bicyclic) bond motifs is 1. The molecule has 0 fully saturated rings. The van der Waals surface area contributed by atoms with Crippen LogP contribution in [0.3, 0.4) is 0 Å². The molecule has 17 heavy (non-hydrogen) atoms. The van der Waals surface area contributed by atoms with Gasteiger partial charge in [0.25, 0.3) is 0 Å². The summed E-state index contributed by atoms with van der Waals surface area (Å²) in [7, 11) is 0. The highest BCUT2D eigenvalue weighted by Crippen LogP contribution is 2.40. The summed E-state index contributed by atoms with van der Waals surface area (Å²) in [6.45, 7) is 2.55. The molecule has 2 rings (SSSR count). The van der Waals surface area contributed by atoms with E-state index in [1.54, 1.807) is 0 Å². The fourth-order valence-corrected chi connectivity index (χ4v) is 3.22. The van der Waals surface area contributed by atoms with Crippen LogP contribution in [-0.4, -0.2) is 11.7 Å². The van der Waals surface area contributed by atoms with E-state index in [4.69, 9.17) is 0 Å². The molecule has 1 aliphatic rings. The third-order valence-electron chi connectivity index (χ3n) is 4.25. The zero-order valence-electron chi connectivity index (χ0n) is 10.9. The maximum atomic E-state index is 9.89. The maximum absolute atomic E-state index is 9.89. The maximum Gasteiger partial charge on any atom is 0.0528 e. The van der Waals surface area contributed by atoms with Crippen LogP contribution in [0, 0.1) is 0 Å². The summed E-state index contributed by atoms with van der Waals surface area (Å²) in [6, 6.07) is 8.71. The molecule has 1 atom stereocenters. The van der Waals surface area contributed by atoms with E-state index in [-0.39, 0.29) is 5.41 Å². The van der Waals surface area contributed by atoms with Crippen LogP contribution in [0.5, 0.6) is 0 Å². The van der Waals surface area contributed by atoms with Crippen LogP contribution in [0.1, 0.15) is 56.6 Å². The molecule has 1 aromatic carbocycles. The predicted octanol–water partition coefficient (Wildman–Crippen LogP) is 3.83. The molecule has 1 aliphatic carbocycles. The molecule has 0 saturated heterocycles. The van der Waals surface area contributed by atoms with Crippen molar-refractivity contribution in [3.63, 3.8) is 0 Å². The van der Waals surface area contributed by atoms with E-state index in [2.05, 4.69) is 31.2 Å². The number of aliphatic hydroxyl groups is 1. The molecular formula is C16H24O. The lowest BCUT2D eigenvalue weighted by Crippen LogP contribution is -2.34. The van der Waals surface area contributed by atoms with Gasteiger partial charge in [-0.3, -0.25) is 0 Å². The Bertz CT molecular complexity index is 358. The summed E-state index contributed by atoms with van der Waals surface area (Å²) in [5.41, 5.74) is 2.94. The first kappa shape index (κ1) is 12.6. The largest absolute Gasteiger partial charge is 0.395 e. The minimum Gasteiger partial charge on any atom is -0.395 e. The van der Waals surface area contributed by atoms with E-state index < -0.39 is 0 Å². The van der Waals surface area contributed by atoms with Crippen LogP contribution in [0.4, 0.5) is 0 Å². The fourth-order valence-electron chi connectivity index (χ4n) is 3.22. The van der Waals surface area contributed by atoms with Gasteiger partial charge in [-0.15, -0.1) is 0 Å². The highest BCUT2D eigenvalue weighted by molar-refractivity contribution is 5.36. The van der Waals surface area contributed by atoms with Gasteiger partial charge < -0.3 is 5.11 Å². The Morgan fingerprint density at radius 2 is 2.06 bits per heavy atom. The average molecular weight is 232 g/mol. The number of hydrogen-bond acceptors (Lipinski definition) is 1. The minimum absolute atomic E-state index is 0.0595. The first-order valence-corrected chi connectivity index (χ1v) is 7.01. The molecule has 1 N–H and O–H groups in total. The second-order valence-corrected chi connectivity index (χ2v) is 5.41. The third kappa shape index (κ3) is 2.55. The number of aliphatic hydroxyl groups excluding tert-OH is 1. The van der Waals surface area contributed by atoms with Gasteiger partial charge >= 0.3 is 0 Å². The van der Waals surface area contributed by atoms with Crippen LogP contribution >= 0.6 is 0 Å². The SMILES string of the molecule is CCCCCC1(CO)CCCc2ccccc21. The molecule has 1 aromatic rings. The summed E-state index contributed by atoms with van der Waals surface area (Å²) in [4.78, 5) is 0. The number of unbranched alkanes of at least 4 members (excludes halogenated alkanes) is 2. The Morgan fingerprint density at radius 3 is 2.82 bits per heavy atom. The van der Waals surface area contributed by atoms with E-state index in [0.29, 0.717) is 6.61 Å². The summed E-state index contributed by atoms with van der Waals surface area (Å²) >= 11 is 0.